The molecule has 2 rings (SSSR count). The van der Waals surface area contributed by atoms with E-state index in [4.69, 9.17) is 9.47 Å². The van der Waals surface area contributed by atoms with Gasteiger partial charge in [0.1, 0.15) is 5.75 Å². The van der Waals surface area contributed by atoms with Crippen LogP contribution < -0.4 is 10.1 Å². The van der Waals surface area contributed by atoms with E-state index in [-0.39, 0.29) is 5.91 Å². The molecular formula is C18H18BrNO4. The monoisotopic (exact) mass is 391 g/mol. The van der Waals surface area contributed by atoms with Crippen molar-refractivity contribution in [3.63, 3.8) is 0 Å². The highest BCUT2D eigenvalue weighted by molar-refractivity contribution is 9.10. The van der Waals surface area contributed by atoms with Crippen molar-refractivity contribution in [1.29, 1.82) is 0 Å². The number of anilines is 1. The molecule has 0 saturated carbocycles. The predicted octanol–water partition coefficient (Wildman–Crippen LogP) is 4.28. The molecule has 5 nitrogen and oxygen atoms in total. The molecule has 0 heterocycles. The maximum Gasteiger partial charge on any atom is 0.338 e. The van der Waals surface area contributed by atoms with Crippen molar-refractivity contribution in [2.24, 2.45) is 0 Å². The smallest absolute Gasteiger partial charge is 0.338 e. The van der Waals surface area contributed by atoms with E-state index in [9.17, 15) is 9.59 Å². The number of hydrogen-bond donors (Lipinski definition) is 1. The number of nitrogens with one attached hydrogen (secondary N) is 1. The highest BCUT2D eigenvalue weighted by Crippen LogP contribution is 2.27. The molecular weight excluding hydrogens is 374 g/mol. The Morgan fingerprint density at radius 3 is 2.29 bits per heavy atom. The third kappa shape index (κ3) is 4.58. The second-order valence-corrected chi connectivity index (χ2v) is 5.74. The van der Waals surface area contributed by atoms with E-state index in [1.54, 1.807) is 49.4 Å². The third-order valence-electron chi connectivity index (χ3n) is 3.15. The Kier molecular flexibility index (Phi) is 6.37. The SMILES string of the molecule is CCOC(=O)c1ccc(NC(=O)c2ccc(Br)cc2)c(OCC)c1. The van der Waals surface area contributed by atoms with Crippen molar-refractivity contribution >= 4 is 33.5 Å². The molecule has 0 spiro atoms. The summed E-state index contributed by atoms with van der Waals surface area (Å²) in [4.78, 5) is 24.1. The van der Waals surface area contributed by atoms with Crippen molar-refractivity contribution in [2.75, 3.05) is 18.5 Å². The predicted molar refractivity (Wildman–Crippen MR) is 95.7 cm³/mol. The molecule has 0 fully saturated rings. The molecule has 0 bridgehead atoms. The van der Waals surface area contributed by atoms with Gasteiger partial charge in [0.25, 0.3) is 5.91 Å². The Labute approximate surface area is 149 Å². The highest BCUT2D eigenvalue weighted by Gasteiger charge is 2.14. The summed E-state index contributed by atoms with van der Waals surface area (Å²) in [7, 11) is 0. The molecule has 0 aliphatic carbocycles. The Hall–Kier alpha value is -2.34. The molecule has 0 aliphatic heterocycles. The number of carbonyl (C=O) groups is 2. The Balaban J connectivity index is 2.23. The number of benzene rings is 2. The minimum absolute atomic E-state index is 0.257. The summed E-state index contributed by atoms with van der Waals surface area (Å²) in [6, 6.07) is 11.8. The molecule has 0 unspecified atom stereocenters. The number of halogens is 1. The zero-order valence-corrected chi connectivity index (χ0v) is 15.1. The van der Waals surface area contributed by atoms with E-state index in [1.165, 1.54) is 0 Å². The Bertz CT molecular complexity index is 728. The molecule has 2 aromatic rings. The van der Waals surface area contributed by atoms with Crippen LogP contribution in [0, 0.1) is 0 Å². The lowest BCUT2D eigenvalue weighted by Gasteiger charge is -2.13. The molecule has 0 aliphatic rings. The average Bonchev–Trinajstić information content (AvgIpc) is 2.57. The van der Waals surface area contributed by atoms with Gasteiger partial charge in [-0.2, -0.15) is 0 Å². The van der Waals surface area contributed by atoms with Crippen LogP contribution in [0.3, 0.4) is 0 Å². The van der Waals surface area contributed by atoms with Gasteiger partial charge in [0.2, 0.25) is 0 Å². The average molecular weight is 392 g/mol. The van der Waals surface area contributed by atoms with Gasteiger partial charge in [-0.3, -0.25) is 4.79 Å². The van der Waals surface area contributed by atoms with Crippen molar-refractivity contribution < 1.29 is 19.1 Å². The van der Waals surface area contributed by atoms with Crippen molar-refractivity contribution in [2.45, 2.75) is 13.8 Å². The van der Waals surface area contributed by atoms with Gasteiger partial charge in [0.05, 0.1) is 24.5 Å². The van der Waals surface area contributed by atoms with E-state index >= 15 is 0 Å². The van der Waals surface area contributed by atoms with Crippen LogP contribution in [-0.2, 0) is 4.74 Å². The lowest BCUT2D eigenvalue weighted by Crippen LogP contribution is -2.13. The summed E-state index contributed by atoms with van der Waals surface area (Å²) in [5, 5.41) is 2.80. The molecule has 0 saturated heterocycles. The van der Waals surface area contributed by atoms with Crippen LogP contribution in [0.2, 0.25) is 0 Å². The van der Waals surface area contributed by atoms with Gasteiger partial charge in [-0.05, 0) is 56.3 Å². The molecule has 0 aromatic heterocycles. The second-order valence-electron chi connectivity index (χ2n) is 4.83. The Morgan fingerprint density at radius 1 is 1.00 bits per heavy atom. The van der Waals surface area contributed by atoms with Crippen LogP contribution in [0.25, 0.3) is 0 Å². The molecule has 2 aromatic carbocycles. The molecule has 1 amide bonds. The van der Waals surface area contributed by atoms with Gasteiger partial charge < -0.3 is 14.8 Å². The first-order valence-corrected chi connectivity index (χ1v) is 8.35. The van der Waals surface area contributed by atoms with E-state index in [1.807, 2.05) is 6.92 Å². The molecule has 24 heavy (non-hydrogen) atoms. The number of hydrogen-bond acceptors (Lipinski definition) is 4. The van der Waals surface area contributed by atoms with Crippen LogP contribution in [0.1, 0.15) is 34.6 Å². The summed E-state index contributed by atoms with van der Waals surface area (Å²) in [6.07, 6.45) is 0. The topological polar surface area (TPSA) is 64.6 Å². The molecule has 126 valence electrons. The van der Waals surface area contributed by atoms with E-state index in [0.29, 0.717) is 35.8 Å². The largest absolute Gasteiger partial charge is 0.492 e. The lowest BCUT2D eigenvalue weighted by molar-refractivity contribution is 0.0526. The number of amides is 1. The third-order valence-corrected chi connectivity index (χ3v) is 3.68. The molecule has 0 radical (unpaired) electrons. The maximum absolute atomic E-state index is 12.3. The zero-order valence-electron chi connectivity index (χ0n) is 13.5. The highest BCUT2D eigenvalue weighted by atomic mass is 79.9. The number of esters is 1. The van der Waals surface area contributed by atoms with Crippen LogP contribution in [-0.4, -0.2) is 25.1 Å². The number of ether oxygens (including phenoxy) is 2. The van der Waals surface area contributed by atoms with Gasteiger partial charge in [0.15, 0.2) is 0 Å². The fourth-order valence-electron chi connectivity index (χ4n) is 2.04. The number of carbonyl (C=O) groups excluding carboxylic acids is 2. The van der Waals surface area contributed by atoms with Crippen molar-refractivity contribution in [3.8, 4) is 5.75 Å². The summed E-state index contributed by atoms with van der Waals surface area (Å²) in [5.41, 5.74) is 1.40. The fraction of sp³-hybridized carbons (Fsp3) is 0.222. The molecule has 0 atom stereocenters. The standard InChI is InChI=1S/C18H18BrNO4/c1-3-23-16-11-13(18(22)24-4-2)7-10-15(16)20-17(21)12-5-8-14(19)9-6-12/h5-11H,3-4H2,1-2H3,(H,20,21). The summed E-state index contributed by atoms with van der Waals surface area (Å²) in [5.74, 6) is -0.259. The van der Waals surface area contributed by atoms with Crippen LogP contribution in [0.4, 0.5) is 5.69 Å². The normalized spacial score (nSPS) is 10.1. The van der Waals surface area contributed by atoms with Crippen molar-refractivity contribution in [1.82, 2.24) is 0 Å². The first kappa shape index (κ1) is 18.0. The quantitative estimate of drug-likeness (QED) is 0.746. The van der Waals surface area contributed by atoms with E-state index < -0.39 is 5.97 Å². The summed E-state index contributed by atoms with van der Waals surface area (Å²) >= 11 is 3.33. The van der Waals surface area contributed by atoms with Gasteiger partial charge in [-0.15, -0.1) is 0 Å². The zero-order chi connectivity index (χ0) is 17.5. The molecule has 6 heteroatoms. The minimum Gasteiger partial charge on any atom is -0.492 e. The first-order valence-electron chi connectivity index (χ1n) is 7.56. The van der Waals surface area contributed by atoms with Gasteiger partial charge in [-0.1, -0.05) is 15.9 Å². The fourth-order valence-corrected chi connectivity index (χ4v) is 2.30. The van der Waals surface area contributed by atoms with Gasteiger partial charge in [0, 0.05) is 10.0 Å². The van der Waals surface area contributed by atoms with E-state index in [2.05, 4.69) is 21.2 Å². The van der Waals surface area contributed by atoms with Gasteiger partial charge >= 0.3 is 5.97 Å². The van der Waals surface area contributed by atoms with Crippen LogP contribution >= 0.6 is 15.9 Å². The molecule has 1 N–H and O–H groups in total. The van der Waals surface area contributed by atoms with Gasteiger partial charge in [-0.25, -0.2) is 4.79 Å². The minimum atomic E-state index is -0.427. The van der Waals surface area contributed by atoms with Crippen molar-refractivity contribution in [3.05, 3.63) is 58.1 Å². The van der Waals surface area contributed by atoms with E-state index in [0.717, 1.165) is 4.47 Å². The Morgan fingerprint density at radius 2 is 1.67 bits per heavy atom. The first-order chi connectivity index (χ1) is 11.5. The number of rotatable bonds is 6. The summed E-state index contributed by atoms with van der Waals surface area (Å²) < 4.78 is 11.4. The lowest BCUT2D eigenvalue weighted by atomic mass is 10.1. The van der Waals surface area contributed by atoms with Crippen LogP contribution in [0.5, 0.6) is 5.75 Å². The maximum atomic E-state index is 12.3. The van der Waals surface area contributed by atoms with Crippen LogP contribution in [0.15, 0.2) is 46.9 Å². The second kappa shape index (κ2) is 8.49. The summed E-state index contributed by atoms with van der Waals surface area (Å²) in [6.45, 7) is 4.28.